The van der Waals surface area contributed by atoms with Crippen molar-refractivity contribution < 1.29 is 9.53 Å². The van der Waals surface area contributed by atoms with Crippen LogP contribution < -0.4 is 4.90 Å². The third-order valence-corrected chi connectivity index (χ3v) is 5.92. The fourth-order valence-electron chi connectivity index (χ4n) is 3.57. The van der Waals surface area contributed by atoms with Gasteiger partial charge < -0.3 is 9.64 Å². The van der Waals surface area contributed by atoms with Crippen LogP contribution in [0.3, 0.4) is 0 Å². The van der Waals surface area contributed by atoms with Crippen molar-refractivity contribution in [2.45, 2.75) is 39.0 Å². The van der Waals surface area contributed by atoms with Gasteiger partial charge in [0.2, 0.25) is 0 Å². The summed E-state index contributed by atoms with van der Waals surface area (Å²) in [6.07, 6.45) is 6.82. The van der Waals surface area contributed by atoms with E-state index in [0.717, 1.165) is 35.8 Å². The summed E-state index contributed by atoms with van der Waals surface area (Å²) in [5, 5.41) is 0.993. The van der Waals surface area contributed by atoms with Crippen LogP contribution >= 0.6 is 11.3 Å². The normalized spacial score (nSPS) is 26.2. The Morgan fingerprint density at radius 2 is 2.05 bits per heavy atom. The van der Waals surface area contributed by atoms with E-state index in [0.29, 0.717) is 4.88 Å². The molecule has 2 atom stereocenters. The Labute approximate surface area is 124 Å². The molecular formula is C15H22N2O2S. The molecule has 1 aromatic heterocycles. The maximum Gasteiger partial charge on any atom is 0.350 e. The van der Waals surface area contributed by atoms with Gasteiger partial charge in [-0.05, 0) is 31.6 Å². The predicted octanol–water partition coefficient (Wildman–Crippen LogP) is 3.25. The molecule has 0 spiro atoms. The Balaban J connectivity index is 1.75. The fourth-order valence-corrected chi connectivity index (χ4v) is 4.59. The first kappa shape index (κ1) is 13.9. The van der Waals surface area contributed by atoms with Gasteiger partial charge in [0.25, 0.3) is 0 Å². The Morgan fingerprint density at radius 3 is 2.80 bits per heavy atom. The highest BCUT2D eigenvalue weighted by Gasteiger charge is 2.32. The number of methoxy groups -OCH3 is 1. The van der Waals surface area contributed by atoms with Crippen molar-refractivity contribution in [3.8, 4) is 0 Å². The van der Waals surface area contributed by atoms with Crippen LogP contribution in [0.15, 0.2) is 0 Å². The molecule has 5 heteroatoms. The van der Waals surface area contributed by atoms with Crippen LogP contribution in [0.1, 0.15) is 47.5 Å². The molecule has 110 valence electrons. The second kappa shape index (κ2) is 5.72. The van der Waals surface area contributed by atoms with Gasteiger partial charge in [0.1, 0.15) is 4.88 Å². The van der Waals surface area contributed by atoms with E-state index in [9.17, 15) is 4.79 Å². The summed E-state index contributed by atoms with van der Waals surface area (Å²) in [6, 6.07) is 0. The first-order valence-corrected chi connectivity index (χ1v) is 8.31. The molecule has 2 aliphatic rings. The molecule has 0 N–H and O–H groups in total. The zero-order chi connectivity index (χ0) is 14.1. The number of aryl methyl sites for hydroxylation is 1. The molecule has 20 heavy (non-hydrogen) atoms. The number of carbonyl (C=O) groups excluding carboxylic acids is 1. The second-order valence-corrected chi connectivity index (χ2v) is 6.92. The number of fused-ring (bicyclic) bond motifs is 1. The summed E-state index contributed by atoms with van der Waals surface area (Å²) in [5.41, 5.74) is 0.794. The monoisotopic (exact) mass is 294 g/mol. The summed E-state index contributed by atoms with van der Waals surface area (Å²) in [4.78, 5) is 19.3. The summed E-state index contributed by atoms with van der Waals surface area (Å²) in [5.74, 6) is 1.48. The van der Waals surface area contributed by atoms with Gasteiger partial charge in [-0.25, -0.2) is 9.78 Å². The molecular weight excluding hydrogens is 272 g/mol. The number of hydrogen-bond donors (Lipinski definition) is 0. The summed E-state index contributed by atoms with van der Waals surface area (Å²) < 4.78 is 4.82. The maximum absolute atomic E-state index is 11.7. The molecule has 3 rings (SSSR count). The third-order valence-electron chi connectivity index (χ3n) is 4.72. The lowest BCUT2D eigenvalue weighted by molar-refractivity contribution is 0.0605. The largest absolute Gasteiger partial charge is 0.465 e. The number of nitrogens with zero attached hydrogens (tertiary/aromatic N) is 2. The number of aromatic nitrogens is 1. The molecule has 1 saturated heterocycles. The summed E-state index contributed by atoms with van der Waals surface area (Å²) >= 11 is 1.48. The molecule has 1 aliphatic carbocycles. The standard InChI is InChI=1S/C15H22N2O2S/c1-10-13(14(18)19-2)20-15(16-10)17-8-7-11-5-3-4-6-12(11)9-17/h11-12H,3-9H2,1-2H3. The van der Waals surface area contributed by atoms with E-state index in [4.69, 9.17) is 4.74 Å². The van der Waals surface area contributed by atoms with Crippen molar-refractivity contribution in [2.24, 2.45) is 11.8 Å². The molecule has 1 aliphatic heterocycles. The maximum atomic E-state index is 11.7. The summed E-state index contributed by atoms with van der Waals surface area (Å²) in [6.45, 7) is 4.08. The van der Waals surface area contributed by atoms with Crippen LogP contribution in [0, 0.1) is 18.8 Å². The highest BCUT2D eigenvalue weighted by Crippen LogP contribution is 2.38. The van der Waals surface area contributed by atoms with Gasteiger partial charge in [-0.2, -0.15) is 0 Å². The van der Waals surface area contributed by atoms with Gasteiger partial charge >= 0.3 is 5.97 Å². The minimum Gasteiger partial charge on any atom is -0.465 e. The highest BCUT2D eigenvalue weighted by atomic mass is 32.1. The average molecular weight is 294 g/mol. The van der Waals surface area contributed by atoms with Crippen LogP contribution in [0.4, 0.5) is 5.13 Å². The Hall–Kier alpha value is -1.10. The smallest absolute Gasteiger partial charge is 0.350 e. The van der Waals surface area contributed by atoms with E-state index in [1.807, 2.05) is 6.92 Å². The average Bonchev–Trinajstić information content (AvgIpc) is 2.88. The molecule has 0 radical (unpaired) electrons. The molecule has 2 fully saturated rings. The van der Waals surface area contributed by atoms with Crippen molar-refractivity contribution in [3.63, 3.8) is 0 Å². The Kier molecular flexibility index (Phi) is 3.96. The molecule has 1 saturated carbocycles. The van der Waals surface area contributed by atoms with Crippen LogP contribution in [0.25, 0.3) is 0 Å². The molecule has 2 unspecified atom stereocenters. The SMILES string of the molecule is COC(=O)c1sc(N2CCC3CCCCC3C2)nc1C. The minimum absolute atomic E-state index is 0.265. The topological polar surface area (TPSA) is 42.4 Å². The number of hydrogen-bond acceptors (Lipinski definition) is 5. The summed E-state index contributed by atoms with van der Waals surface area (Å²) in [7, 11) is 1.43. The molecule has 4 nitrogen and oxygen atoms in total. The third kappa shape index (κ3) is 2.55. The quantitative estimate of drug-likeness (QED) is 0.785. The lowest BCUT2D eigenvalue weighted by Crippen LogP contribution is -2.41. The second-order valence-electron chi connectivity index (χ2n) is 5.94. The number of esters is 1. The molecule has 0 bridgehead atoms. The van der Waals surface area contributed by atoms with Crippen molar-refractivity contribution in [1.82, 2.24) is 4.98 Å². The number of rotatable bonds is 2. The Bertz CT molecular complexity index is 500. The van der Waals surface area contributed by atoms with Gasteiger partial charge in [0.05, 0.1) is 12.8 Å². The molecule has 1 aromatic rings. The van der Waals surface area contributed by atoms with Crippen molar-refractivity contribution in [3.05, 3.63) is 10.6 Å². The van der Waals surface area contributed by atoms with Gasteiger partial charge in [0.15, 0.2) is 5.13 Å². The molecule has 0 amide bonds. The van der Waals surface area contributed by atoms with Gasteiger partial charge in [-0.1, -0.05) is 30.6 Å². The Morgan fingerprint density at radius 1 is 1.30 bits per heavy atom. The van der Waals surface area contributed by atoms with E-state index in [1.54, 1.807) is 0 Å². The van der Waals surface area contributed by atoms with E-state index < -0.39 is 0 Å². The number of carbonyl (C=O) groups is 1. The number of ether oxygens (including phenoxy) is 1. The van der Waals surface area contributed by atoms with Crippen molar-refractivity contribution >= 4 is 22.4 Å². The van der Waals surface area contributed by atoms with E-state index in [1.165, 1.54) is 50.6 Å². The minimum atomic E-state index is -0.265. The predicted molar refractivity (Wildman–Crippen MR) is 80.5 cm³/mol. The van der Waals surface area contributed by atoms with E-state index >= 15 is 0 Å². The van der Waals surface area contributed by atoms with Gasteiger partial charge in [-0.3, -0.25) is 0 Å². The van der Waals surface area contributed by atoms with Gasteiger partial charge in [0, 0.05) is 13.1 Å². The van der Waals surface area contributed by atoms with E-state index in [2.05, 4.69) is 9.88 Å². The highest BCUT2D eigenvalue weighted by molar-refractivity contribution is 7.17. The first-order chi connectivity index (χ1) is 9.69. The first-order valence-electron chi connectivity index (χ1n) is 7.49. The van der Waals surface area contributed by atoms with Crippen molar-refractivity contribution in [2.75, 3.05) is 25.1 Å². The van der Waals surface area contributed by atoms with Crippen LogP contribution in [-0.4, -0.2) is 31.2 Å². The zero-order valence-corrected chi connectivity index (χ0v) is 13.0. The number of piperidine rings is 1. The lowest BCUT2D eigenvalue weighted by atomic mass is 9.75. The van der Waals surface area contributed by atoms with Crippen LogP contribution in [0.2, 0.25) is 0 Å². The molecule has 2 heterocycles. The van der Waals surface area contributed by atoms with Gasteiger partial charge in [-0.15, -0.1) is 0 Å². The van der Waals surface area contributed by atoms with Crippen LogP contribution in [0.5, 0.6) is 0 Å². The lowest BCUT2D eigenvalue weighted by Gasteiger charge is -2.41. The number of anilines is 1. The zero-order valence-electron chi connectivity index (χ0n) is 12.2. The van der Waals surface area contributed by atoms with Crippen molar-refractivity contribution in [1.29, 1.82) is 0 Å². The van der Waals surface area contributed by atoms with E-state index in [-0.39, 0.29) is 5.97 Å². The van der Waals surface area contributed by atoms with Crippen LogP contribution in [-0.2, 0) is 4.74 Å². The fraction of sp³-hybridized carbons (Fsp3) is 0.733. The number of thiazole rings is 1. The molecule has 0 aromatic carbocycles.